The van der Waals surface area contributed by atoms with Crippen molar-refractivity contribution < 1.29 is 13.3 Å². The van der Waals surface area contributed by atoms with Gasteiger partial charge in [0, 0.05) is 28.3 Å². The fourth-order valence-electron chi connectivity index (χ4n) is 1.72. The predicted octanol–water partition coefficient (Wildman–Crippen LogP) is 2.12. The van der Waals surface area contributed by atoms with Gasteiger partial charge in [-0.25, -0.2) is 13.1 Å². The topological polar surface area (TPSA) is 118 Å². The first kappa shape index (κ1) is 15.6. The third kappa shape index (κ3) is 3.46. The highest BCUT2D eigenvalue weighted by molar-refractivity contribution is 9.10. The van der Waals surface area contributed by atoms with Crippen LogP contribution >= 0.6 is 15.9 Å². The van der Waals surface area contributed by atoms with Crippen molar-refractivity contribution in [3.05, 3.63) is 50.7 Å². The molecule has 0 saturated heterocycles. The van der Waals surface area contributed by atoms with Crippen LogP contribution in [0.15, 0.2) is 40.0 Å². The third-order valence-corrected chi connectivity index (χ3v) is 4.82. The second-order valence-electron chi connectivity index (χ2n) is 4.24. The lowest BCUT2D eigenvalue weighted by Gasteiger charge is -2.13. The molecule has 0 aliphatic heterocycles. The summed E-state index contributed by atoms with van der Waals surface area (Å²) in [6.07, 6.45) is 3.02. The first-order valence-corrected chi connectivity index (χ1v) is 8.04. The van der Waals surface area contributed by atoms with Crippen molar-refractivity contribution in [2.24, 2.45) is 0 Å². The molecule has 2 aromatic rings. The summed E-state index contributed by atoms with van der Waals surface area (Å²) in [6.45, 7) is 1.62. The lowest BCUT2D eigenvalue weighted by molar-refractivity contribution is -0.387. The molecular weight excluding hydrogens is 364 g/mol. The van der Waals surface area contributed by atoms with Crippen LogP contribution < -0.4 is 4.72 Å². The number of nitrogens with one attached hydrogen (secondary N) is 2. The quantitative estimate of drug-likeness (QED) is 0.613. The molecule has 0 bridgehead atoms. The lowest BCUT2D eigenvalue weighted by atomic mass is 10.2. The fourth-order valence-corrected chi connectivity index (χ4v) is 3.66. The van der Waals surface area contributed by atoms with Gasteiger partial charge in [-0.05, 0) is 19.1 Å². The van der Waals surface area contributed by atoms with Crippen LogP contribution in [0.5, 0.6) is 0 Å². The van der Waals surface area contributed by atoms with E-state index in [4.69, 9.17) is 0 Å². The Labute approximate surface area is 128 Å². The Hall–Kier alpha value is -1.78. The van der Waals surface area contributed by atoms with Gasteiger partial charge >= 0.3 is 0 Å². The average molecular weight is 375 g/mol. The van der Waals surface area contributed by atoms with Crippen LogP contribution in [0.2, 0.25) is 0 Å². The number of rotatable bonds is 5. The number of hydrogen-bond acceptors (Lipinski definition) is 5. The van der Waals surface area contributed by atoms with Crippen molar-refractivity contribution >= 4 is 31.6 Å². The zero-order chi connectivity index (χ0) is 15.6. The van der Waals surface area contributed by atoms with E-state index >= 15 is 0 Å². The minimum Gasteiger partial charge on any atom is -0.285 e. The Morgan fingerprint density at radius 3 is 2.76 bits per heavy atom. The molecule has 1 aromatic heterocycles. The zero-order valence-electron chi connectivity index (χ0n) is 10.8. The maximum absolute atomic E-state index is 12.3. The van der Waals surface area contributed by atoms with Crippen molar-refractivity contribution in [3.8, 4) is 0 Å². The van der Waals surface area contributed by atoms with Crippen molar-refractivity contribution in [1.82, 2.24) is 14.9 Å². The van der Waals surface area contributed by atoms with Crippen molar-refractivity contribution in [2.45, 2.75) is 17.9 Å². The molecule has 0 spiro atoms. The highest BCUT2D eigenvalue weighted by atomic mass is 79.9. The number of halogens is 1. The Bertz CT molecular complexity index is 761. The number of nitro groups is 1. The maximum Gasteiger partial charge on any atom is 0.289 e. The summed E-state index contributed by atoms with van der Waals surface area (Å²) in [4.78, 5) is 9.85. The van der Waals surface area contributed by atoms with Crippen LogP contribution in [0, 0.1) is 10.1 Å². The fraction of sp³-hybridized carbons (Fsp3) is 0.182. The predicted molar refractivity (Wildman–Crippen MR) is 78.1 cm³/mol. The van der Waals surface area contributed by atoms with E-state index in [9.17, 15) is 18.5 Å². The number of sulfonamides is 1. The smallest absolute Gasteiger partial charge is 0.285 e. The number of aromatic amines is 1. The molecular formula is C11H11BrN4O4S. The van der Waals surface area contributed by atoms with E-state index in [0.717, 1.165) is 6.07 Å². The molecule has 1 heterocycles. The van der Waals surface area contributed by atoms with Crippen LogP contribution in [-0.4, -0.2) is 23.5 Å². The normalized spacial score (nSPS) is 13.0. The Kier molecular flexibility index (Phi) is 4.40. The van der Waals surface area contributed by atoms with Gasteiger partial charge in [0.25, 0.3) is 5.69 Å². The Morgan fingerprint density at radius 1 is 1.48 bits per heavy atom. The molecule has 1 atom stereocenters. The van der Waals surface area contributed by atoms with Gasteiger partial charge in [0.15, 0.2) is 4.90 Å². The molecule has 0 saturated carbocycles. The van der Waals surface area contributed by atoms with E-state index in [0.29, 0.717) is 10.0 Å². The molecule has 10 heteroatoms. The first-order chi connectivity index (χ1) is 9.81. The highest BCUT2D eigenvalue weighted by Crippen LogP contribution is 2.28. The summed E-state index contributed by atoms with van der Waals surface area (Å²) >= 11 is 3.11. The number of aromatic nitrogens is 2. The molecule has 0 fully saturated rings. The van der Waals surface area contributed by atoms with E-state index in [1.165, 1.54) is 18.3 Å². The van der Waals surface area contributed by atoms with Crippen molar-refractivity contribution in [2.75, 3.05) is 0 Å². The van der Waals surface area contributed by atoms with Gasteiger partial charge in [-0.2, -0.15) is 5.10 Å². The SMILES string of the molecule is CC(NS(=O)(=O)c1cc(Br)ccc1[N+](=O)[O-])c1cn[nH]c1. The van der Waals surface area contributed by atoms with Gasteiger partial charge < -0.3 is 0 Å². The van der Waals surface area contributed by atoms with Crippen LogP contribution in [0.4, 0.5) is 5.69 Å². The van der Waals surface area contributed by atoms with Gasteiger partial charge in [-0.1, -0.05) is 15.9 Å². The van der Waals surface area contributed by atoms with Crippen LogP contribution in [-0.2, 0) is 10.0 Å². The van der Waals surface area contributed by atoms with Crippen molar-refractivity contribution in [3.63, 3.8) is 0 Å². The third-order valence-electron chi connectivity index (χ3n) is 2.76. The van der Waals surface area contributed by atoms with E-state index in [1.807, 2.05) is 0 Å². The number of benzene rings is 1. The average Bonchev–Trinajstić information content (AvgIpc) is 2.91. The van der Waals surface area contributed by atoms with Gasteiger partial charge in [0.1, 0.15) is 0 Å². The maximum atomic E-state index is 12.3. The van der Waals surface area contributed by atoms with E-state index in [-0.39, 0.29) is 0 Å². The minimum absolute atomic E-state index is 0.391. The van der Waals surface area contributed by atoms with E-state index < -0.39 is 31.6 Å². The second kappa shape index (κ2) is 5.92. The molecule has 112 valence electrons. The molecule has 21 heavy (non-hydrogen) atoms. The summed E-state index contributed by atoms with van der Waals surface area (Å²) < 4.78 is 27.5. The van der Waals surface area contributed by atoms with Crippen LogP contribution in [0.3, 0.4) is 0 Å². The molecule has 0 aliphatic carbocycles. The monoisotopic (exact) mass is 374 g/mol. The number of H-pyrrole nitrogens is 1. The largest absolute Gasteiger partial charge is 0.289 e. The minimum atomic E-state index is -4.05. The summed E-state index contributed by atoms with van der Waals surface area (Å²) in [5.41, 5.74) is 0.140. The summed E-state index contributed by atoms with van der Waals surface area (Å²) in [5.74, 6) is 0. The highest BCUT2D eigenvalue weighted by Gasteiger charge is 2.27. The van der Waals surface area contributed by atoms with Crippen molar-refractivity contribution in [1.29, 1.82) is 0 Å². The van der Waals surface area contributed by atoms with E-state index in [1.54, 1.807) is 13.1 Å². The summed E-state index contributed by atoms with van der Waals surface area (Å²) in [5, 5.41) is 17.3. The van der Waals surface area contributed by atoms with Gasteiger partial charge in [0.2, 0.25) is 10.0 Å². The summed E-state index contributed by atoms with van der Waals surface area (Å²) in [6, 6.07) is 3.17. The Morgan fingerprint density at radius 2 is 2.19 bits per heavy atom. The molecule has 0 aliphatic rings. The van der Waals surface area contributed by atoms with Gasteiger partial charge in [-0.3, -0.25) is 15.2 Å². The molecule has 1 aromatic carbocycles. The molecule has 8 nitrogen and oxygen atoms in total. The number of nitro benzene ring substituents is 1. The number of nitrogens with zero attached hydrogens (tertiary/aromatic N) is 2. The van der Waals surface area contributed by atoms with Gasteiger partial charge in [-0.15, -0.1) is 0 Å². The molecule has 0 amide bonds. The second-order valence-corrected chi connectivity index (χ2v) is 6.84. The lowest BCUT2D eigenvalue weighted by Crippen LogP contribution is -2.27. The standard InChI is InChI=1S/C11H11BrN4O4S/c1-7(8-5-13-14-6-8)15-21(19,20)11-4-9(12)2-3-10(11)16(17)18/h2-7,15H,1H3,(H,13,14). The summed E-state index contributed by atoms with van der Waals surface area (Å²) in [7, 11) is -4.05. The van der Waals surface area contributed by atoms with Gasteiger partial charge in [0.05, 0.1) is 11.1 Å². The molecule has 2 N–H and O–H groups in total. The molecule has 1 unspecified atom stereocenters. The van der Waals surface area contributed by atoms with E-state index in [2.05, 4.69) is 30.8 Å². The number of hydrogen-bond donors (Lipinski definition) is 2. The zero-order valence-corrected chi connectivity index (χ0v) is 13.2. The molecule has 2 rings (SSSR count). The Balaban J connectivity index is 2.40. The van der Waals surface area contributed by atoms with Crippen LogP contribution in [0.1, 0.15) is 18.5 Å². The molecule has 0 radical (unpaired) electrons. The first-order valence-electron chi connectivity index (χ1n) is 5.76. The van der Waals surface area contributed by atoms with Crippen LogP contribution in [0.25, 0.3) is 0 Å².